The molecule has 0 unspecified atom stereocenters. The van der Waals surface area contributed by atoms with Crippen LogP contribution in [-0.2, 0) is 4.74 Å². The van der Waals surface area contributed by atoms with Crippen molar-refractivity contribution in [3.8, 4) is 5.75 Å². The number of carbonyl (C=O) groups is 1. The zero-order chi connectivity index (χ0) is 14.6. The van der Waals surface area contributed by atoms with Crippen LogP contribution in [0.15, 0.2) is 25.3 Å². The molecule has 0 spiro atoms. The smallest absolute Gasteiger partial charge is 0.422 e. The van der Waals surface area contributed by atoms with Crippen molar-refractivity contribution in [2.45, 2.75) is 6.18 Å². The number of hydrogen-bond donors (Lipinski definition) is 1. The number of esters is 1. The van der Waals surface area contributed by atoms with Crippen molar-refractivity contribution in [3.63, 3.8) is 0 Å². The van der Waals surface area contributed by atoms with Gasteiger partial charge >= 0.3 is 12.1 Å². The molecule has 0 saturated carbocycles. The van der Waals surface area contributed by atoms with Gasteiger partial charge in [-0.05, 0) is 17.7 Å². The van der Waals surface area contributed by atoms with Crippen LogP contribution < -0.4 is 0 Å². The van der Waals surface area contributed by atoms with Crippen molar-refractivity contribution in [1.29, 1.82) is 0 Å². The van der Waals surface area contributed by atoms with E-state index >= 15 is 0 Å². The highest BCUT2D eigenvalue weighted by Gasteiger charge is 2.30. The molecule has 6 heteroatoms. The molecule has 0 aliphatic heterocycles. The van der Waals surface area contributed by atoms with Crippen molar-refractivity contribution in [2.24, 2.45) is 0 Å². The summed E-state index contributed by atoms with van der Waals surface area (Å²) in [6.45, 7) is 5.18. The predicted octanol–water partition coefficient (Wildman–Crippen LogP) is 3.40. The minimum absolute atomic E-state index is 0.205. The summed E-state index contributed by atoms with van der Waals surface area (Å²) in [7, 11) is 0. The van der Waals surface area contributed by atoms with Crippen molar-refractivity contribution in [1.82, 2.24) is 0 Å². The van der Waals surface area contributed by atoms with Crippen molar-refractivity contribution in [3.05, 3.63) is 42.0 Å². The molecule has 1 rings (SSSR count). The summed E-state index contributed by atoms with van der Waals surface area (Å²) in [4.78, 5) is 11.5. The van der Waals surface area contributed by atoms with Crippen molar-refractivity contribution < 1.29 is 27.8 Å². The lowest BCUT2D eigenvalue weighted by molar-refractivity contribution is -0.161. The molecule has 0 fully saturated rings. The van der Waals surface area contributed by atoms with Gasteiger partial charge in [0.05, 0.1) is 0 Å². The number of phenols is 1. The number of aromatic hydroxyl groups is 1. The molecule has 1 aromatic rings. The molecule has 0 heterocycles. The molecule has 1 aromatic carbocycles. The van der Waals surface area contributed by atoms with Gasteiger partial charge in [0.1, 0.15) is 11.3 Å². The first-order chi connectivity index (χ1) is 8.78. The summed E-state index contributed by atoms with van der Waals surface area (Å²) < 4.78 is 39.9. The minimum Gasteiger partial charge on any atom is -0.506 e. The summed E-state index contributed by atoms with van der Waals surface area (Å²) in [6.07, 6.45) is -1.97. The van der Waals surface area contributed by atoms with Gasteiger partial charge in [0.25, 0.3) is 0 Å². The molecular formula is C13H11F3O3. The van der Waals surface area contributed by atoms with Crippen LogP contribution >= 0.6 is 0 Å². The van der Waals surface area contributed by atoms with Gasteiger partial charge in [-0.1, -0.05) is 25.3 Å². The van der Waals surface area contributed by atoms with Gasteiger partial charge in [0.15, 0.2) is 6.61 Å². The molecule has 0 radical (unpaired) electrons. The molecule has 0 aromatic heterocycles. The molecule has 0 saturated heterocycles. The van der Waals surface area contributed by atoms with E-state index in [0.717, 1.165) is 0 Å². The monoisotopic (exact) mass is 272 g/mol. The second kappa shape index (κ2) is 5.60. The highest BCUT2D eigenvalue weighted by Crippen LogP contribution is 2.27. The molecule has 102 valence electrons. The number of rotatable bonds is 4. The Morgan fingerprint density at radius 2 is 1.95 bits per heavy atom. The normalized spacial score (nSPS) is 10.9. The Morgan fingerprint density at radius 3 is 2.42 bits per heavy atom. The summed E-state index contributed by atoms with van der Waals surface area (Å²) >= 11 is 0. The van der Waals surface area contributed by atoms with Crippen LogP contribution in [0, 0.1) is 0 Å². The second-order valence-electron chi connectivity index (χ2n) is 3.61. The van der Waals surface area contributed by atoms with Crippen LogP contribution in [0.25, 0.3) is 12.2 Å². The summed E-state index contributed by atoms with van der Waals surface area (Å²) in [5, 5.41) is 9.72. The van der Waals surface area contributed by atoms with E-state index < -0.39 is 24.5 Å². The van der Waals surface area contributed by atoms with E-state index in [1.165, 1.54) is 24.3 Å². The number of benzene rings is 1. The molecular weight excluding hydrogens is 261 g/mol. The number of alkyl halides is 3. The summed E-state index contributed by atoms with van der Waals surface area (Å²) in [5.74, 6) is -1.74. The highest BCUT2D eigenvalue weighted by molar-refractivity contribution is 5.94. The molecule has 0 aliphatic carbocycles. The maximum absolute atomic E-state index is 12.0. The van der Waals surface area contributed by atoms with Gasteiger partial charge in [-0.3, -0.25) is 0 Å². The number of carbonyl (C=O) groups excluding carboxylic acids is 1. The van der Waals surface area contributed by atoms with Crippen molar-refractivity contribution in [2.75, 3.05) is 6.61 Å². The van der Waals surface area contributed by atoms with Crippen LogP contribution in [0.1, 0.15) is 21.5 Å². The molecule has 0 amide bonds. The van der Waals surface area contributed by atoms with Gasteiger partial charge < -0.3 is 9.84 Å². The van der Waals surface area contributed by atoms with Crippen LogP contribution in [0.3, 0.4) is 0 Å². The van der Waals surface area contributed by atoms with Crippen LogP contribution in [-0.4, -0.2) is 23.9 Å². The molecule has 3 nitrogen and oxygen atoms in total. The minimum atomic E-state index is -4.62. The third-order valence-electron chi connectivity index (χ3n) is 2.20. The summed E-state index contributed by atoms with van der Waals surface area (Å²) in [6, 6.07) is 2.67. The fourth-order valence-electron chi connectivity index (χ4n) is 1.33. The largest absolute Gasteiger partial charge is 0.506 e. The fraction of sp³-hybridized carbons (Fsp3) is 0.154. The van der Waals surface area contributed by atoms with Crippen molar-refractivity contribution >= 4 is 18.1 Å². The maximum atomic E-state index is 12.0. The highest BCUT2D eigenvalue weighted by atomic mass is 19.4. The van der Waals surface area contributed by atoms with E-state index in [1.54, 1.807) is 0 Å². The van der Waals surface area contributed by atoms with Gasteiger partial charge in [-0.15, -0.1) is 0 Å². The Labute approximate surface area is 107 Å². The number of phenolic OH excluding ortho intramolecular Hbond substituents is 1. The van der Waals surface area contributed by atoms with Gasteiger partial charge in [0, 0.05) is 5.56 Å². The SMILES string of the molecule is C=Cc1cc(C=C)c(O)c(C(=O)OCC(F)(F)F)c1. The Hall–Kier alpha value is -2.24. The van der Waals surface area contributed by atoms with E-state index in [-0.39, 0.29) is 11.1 Å². The van der Waals surface area contributed by atoms with Gasteiger partial charge in [-0.2, -0.15) is 13.2 Å². The van der Waals surface area contributed by atoms with Gasteiger partial charge in [0.2, 0.25) is 0 Å². The molecule has 1 N–H and O–H groups in total. The molecule has 0 bridgehead atoms. The lowest BCUT2D eigenvalue weighted by atomic mass is 10.0. The van der Waals surface area contributed by atoms with Crippen LogP contribution in [0.5, 0.6) is 5.75 Å². The van der Waals surface area contributed by atoms with E-state index in [4.69, 9.17) is 0 Å². The molecule has 19 heavy (non-hydrogen) atoms. The number of halogens is 3. The zero-order valence-electron chi connectivity index (χ0n) is 9.83. The van der Waals surface area contributed by atoms with E-state index in [2.05, 4.69) is 17.9 Å². The number of ether oxygens (including phenoxy) is 1. The van der Waals surface area contributed by atoms with Crippen LogP contribution in [0.4, 0.5) is 13.2 Å². The topological polar surface area (TPSA) is 46.5 Å². The van der Waals surface area contributed by atoms with E-state index in [9.17, 15) is 23.1 Å². The van der Waals surface area contributed by atoms with Gasteiger partial charge in [-0.25, -0.2) is 4.79 Å². The Morgan fingerprint density at radius 1 is 1.32 bits per heavy atom. The number of hydrogen-bond acceptors (Lipinski definition) is 3. The predicted molar refractivity (Wildman–Crippen MR) is 64.6 cm³/mol. The molecule has 0 atom stereocenters. The average molecular weight is 272 g/mol. The third-order valence-corrected chi connectivity index (χ3v) is 2.20. The standard InChI is InChI=1S/C13H11F3O3/c1-3-8-5-9(4-2)11(17)10(6-8)12(18)19-7-13(14,15)16/h3-6,17H,1-2,7H2. The maximum Gasteiger partial charge on any atom is 0.422 e. The van der Waals surface area contributed by atoms with Crippen LogP contribution in [0.2, 0.25) is 0 Å². The first-order valence-corrected chi connectivity index (χ1v) is 5.14. The first kappa shape index (κ1) is 14.8. The average Bonchev–Trinajstić information content (AvgIpc) is 2.35. The quantitative estimate of drug-likeness (QED) is 0.854. The lowest BCUT2D eigenvalue weighted by Gasteiger charge is -2.11. The third kappa shape index (κ3) is 3.87. The van der Waals surface area contributed by atoms with E-state index in [1.807, 2.05) is 0 Å². The Kier molecular flexibility index (Phi) is 4.37. The fourth-order valence-corrected chi connectivity index (χ4v) is 1.33. The lowest BCUT2D eigenvalue weighted by Crippen LogP contribution is -2.20. The zero-order valence-corrected chi connectivity index (χ0v) is 9.83. The Bertz CT molecular complexity index is 519. The summed E-state index contributed by atoms with van der Waals surface area (Å²) in [5.41, 5.74) is 0.291. The second-order valence-corrected chi connectivity index (χ2v) is 3.61. The first-order valence-electron chi connectivity index (χ1n) is 5.14. The van der Waals surface area contributed by atoms with E-state index in [0.29, 0.717) is 5.56 Å². The molecule has 0 aliphatic rings. The Balaban J connectivity index is 3.08.